The van der Waals surface area contributed by atoms with E-state index in [-0.39, 0.29) is 17.7 Å². The number of para-hydroxylation sites is 2. The number of hydrogen-bond acceptors (Lipinski definition) is 7. The monoisotopic (exact) mass is 428 g/mol. The molecule has 0 spiro atoms. The fourth-order valence-electron chi connectivity index (χ4n) is 3.10. The molecule has 4 rings (SSSR count). The minimum atomic E-state index is -0.867. The molecule has 1 aromatic heterocycles. The van der Waals surface area contributed by atoms with Crippen LogP contribution in [0, 0.1) is 0 Å². The van der Waals surface area contributed by atoms with Crippen LogP contribution >= 0.6 is 23.1 Å². The summed E-state index contributed by atoms with van der Waals surface area (Å²) in [6, 6.07) is 15.3. The van der Waals surface area contributed by atoms with Crippen LogP contribution in [0.5, 0.6) is 5.75 Å². The Bertz CT molecular complexity index is 1000. The molecule has 0 saturated carbocycles. The summed E-state index contributed by atoms with van der Waals surface area (Å²) in [4.78, 5) is 29.2. The average molecular weight is 429 g/mol. The Morgan fingerprint density at radius 1 is 1.28 bits per heavy atom. The second-order valence-corrected chi connectivity index (χ2v) is 8.86. The number of ether oxygens (including phenoxy) is 2. The third-order valence-electron chi connectivity index (χ3n) is 4.54. The van der Waals surface area contributed by atoms with Crippen LogP contribution in [0.3, 0.4) is 0 Å². The van der Waals surface area contributed by atoms with Gasteiger partial charge in [-0.2, -0.15) is 0 Å². The number of aromatic nitrogens is 1. The third-order valence-corrected chi connectivity index (χ3v) is 6.69. The van der Waals surface area contributed by atoms with Gasteiger partial charge in [-0.3, -0.25) is 9.59 Å². The number of amides is 1. The number of fused-ring (bicyclic) bond motifs is 2. The van der Waals surface area contributed by atoms with Gasteiger partial charge in [-0.1, -0.05) is 42.1 Å². The number of thioether (sulfide) groups is 1. The molecule has 150 valence electrons. The number of nitrogens with one attached hydrogen (secondary N) is 1. The van der Waals surface area contributed by atoms with Gasteiger partial charge in [0.25, 0.3) is 5.91 Å². The Kier molecular flexibility index (Phi) is 6.01. The SMILES string of the molecule is CC(OC(=O)CSc1nc2ccccc2s1)C(=O)NC1CCOc2ccccc21. The highest BCUT2D eigenvalue weighted by molar-refractivity contribution is 8.01. The second kappa shape index (κ2) is 8.84. The molecular weight excluding hydrogens is 408 g/mol. The highest BCUT2D eigenvalue weighted by Gasteiger charge is 2.26. The lowest BCUT2D eigenvalue weighted by Gasteiger charge is -2.27. The summed E-state index contributed by atoms with van der Waals surface area (Å²) in [5.41, 5.74) is 1.86. The van der Waals surface area contributed by atoms with Gasteiger partial charge in [-0.15, -0.1) is 11.3 Å². The molecule has 1 N–H and O–H groups in total. The van der Waals surface area contributed by atoms with Crippen LogP contribution in [0.1, 0.15) is 24.9 Å². The third kappa shape index (κ3) is 4.71. The predicted octanol–water partition coefficient (Wildman–Crippen LogP) is 3.96. The molecule has 0 bridgehead atoms. The average Bonchev–Trinajstić information content (AvgIpc) is 3.15. The molecule has 1 amide bonds. The Labute approximate surface area is 176 Å². The van der Waals surface area contributed by atoms with Crippen molar-refractivity contribution in [2.24, 2.45) is 0 Å². The van der Waals surface area contributed by atoms with Gasteiger partial charge in [0.1, 0.15) is 5.75 Å². The summed E-state index contributed by atoms with van der Waals surface area (Å²) in [6.07, 6.45) is -0.190. The topological polar surface area (TPSA) is 77.5 Å². The van der Waals surface area contributed by atoms with Gasteiger partial charge >= 0.3 is 5.97 Å². The van der Waals surface area contributed by atoms with Crippen LogP contribution in [0.4, 0.5) is 0 Å². The normalized spacial score (nSPS) is 16.5. The molecular formula is C21H20N2O4S2. The first-order valence-electron chi connectivity index (χ1n) is 9.30. The van der Waals surface area contributed by atoms with E-state index in [1.165, 1.54) is 23.1 Å². The minimum Gasteiger partial charge on any atom is -0.493 e. The first-order chi connectivity index (χ1) is 14.1. The first-order valence-corrected chi connectivity index (χ1v) is 11.1. The maximum Gasteiger partial charge on any atom is 0.317 e. The van der Waals surface area contributed by atoms with Crippen LogP contribution in [0.2, 0.25) is 0 Å². The van der Waals surface area contributed by atoms with Gasteiger partial charge in [0.05, 0.1) is 28.6 Å². The predicted molar refractivity (Wildman–Crippen MR) is 113 cm³/mol. The van der Waals surface area contributed by atoms with Crippen LogP contribution in [0.25, 0.3) is 10.2 Å². The lowest BCUT2D eigenvalue weighted by Crippen LogP contribution is -2.39. The van der Waals surface area contributed by atoms with Gasteiger partial charge in [0.15, 0.2) is 10.4 Å². The van der Waals surface area contributed by atoms with E-state index in [4.69, 9.17) is 9.47 Å². The molecule has 6 nitrogen and oxygen atoms in total. The van der Waals surface area contributed by atoms with Crippen LogP contribution < -0.4 is 10.1 Å². The second-order valence-electron chi connectivity index (χ2n) is 6.60. The molecule has 0 fully saturated rings. The molecule has 0 radical (unpaired) electrons. The van der Waals surface area contributed by atoms with Gasteiger partial charge in [0, 0.05) is 12.0 Å². The number of hydrogen-bond donors (Lipinski definition) is 1. The summed E-state index contributed by atoms with van der Waals surface area (Å²) >= 11 is 2.85. The first kappa shape index (κ1) is 19.7. The summed E-state index contributed by atoms with van der Waals surface area (Å²) in [5.74, 6) is 0.132. The van der Waals surface area contributed by atoms with Crippen LogP contribution in [-0.2, 0) is 14.3 Å². The van der Waals surface area contributed by atoms with Crippen LogP contribution in [-0.4, -0.2) is 35.3 Å². The summed E-state index contributed by atoms with van der Waals surface area (Å²) < 4.78 is 12.8. The quantitative estimate of drug-likeness (QED) is 0.473. The largest absolute Gasteiger partial charge is 0.493 e. The Morgan fingerprint density at radius 3 is 2.93 bits per heavy atom. The lowest BCUT2D eigenvalue weighted by molar-refractivity contribution is -0.152. The van der Waals surface area contributed by atoms with Crippen molar-refractivity contribution < 1.29 is 19.1 Å². The standard InChI is InChI=1S/C21H20N2O4S2/c1-13(20(25)22-15-10-11-26-17-8-4-2-6-14(15)17)27-19(24)12-28-21-23-16-7-3-5-9-18(16)29-21/h2-9,13,15H,10-12H2,1H3,(H,22,25). The van der Waals surface area contributed by atoms with E-state index in [2.05, 4.69) is 10.3 Å². The van der Waals surface area contributed by atoms with E-state index >= 15 is 0 Å². The van der Waals surface area contributed by atoms with Gasteiger partial charge in [-0.25, -0.2) is 4.98 Å². The number of benzene rings is 2. The maximum absolute atomic E-state index is 12.5. The zero-order valence-corrected chi connectivity index (χ0v) is 17.4. The lowest BCUT2D eigenvalue weighted by atomic mass is 10.0. The molecule has 2 aromatic carbocycles. The summed E-state index contributed by atoms with van der Waals surface area (Å²) in [7, 11) is 0. The highest BCUT2D eigenvalue weighted by atomic mass is 32.2. The van der Waals surface area contributed by atoms with E-state index in [1.807, 2.05) is 48.5 Å². The Morgan fingerprint density at radius 2 is 2.07 bits per heavy atom. The van der Waals surface area contributed by atoms with E-state index in [1.54, 1.807) is 6.92 Å². The van der Waals surface area contributed by atoms with Crippen molar-refractivity contribution >= 4 is 45.2 Å². The number of thiazole rings is 1. The number of esters is 1. The number of carbonyl (C=O) groups excluding carboxylic acids is 2. The summed E-state index contributed by atoms with van der Waals surface area (Å²) in [6.45, 7) is 2.12. The van der Waals surface area contributed by atoms with E-state index in [0.717, 1.165) is 25.9 Å². The zero-order chi connectivity index (χ0) is 20.2. The zero-order valence-electron chi connectivity index (χ0n) is 15.8. The fourth-order valence-corrected chi connectivity index (χ4v) is 4.95. The van der Waals surface area contributed by atoms with Crippen LogP contribution in [0.15, 0.2) is 52.9 Å². The molecule has 8 heteroatoms. The van der Waals surface area contributed by atoms with Crippen molar-refractivity contribution in [2.75, 3.05) is 12.4 Å². The van der Waals surface area contributed by atoms with Crippen molar-refractivity contribution in [1.29, 1.82) is 0 Å². The van der Waals surface area contributed by atoms with Gasteiger partial charge < -0.3 is 14.8 Å². The maximum atomic E-state index is 12.5. The summed E-state index contributed by atoms with van der Waals surface area (Å²) in [5, 5.41) is 2.96. The van der Waals surface area contributed by atoms with E-state index < -0.39 is 12.1 Å². The fraction of sp³-hybridized carbons (Fsp3) is 0.286. The molecule has 1 aliphatic rings. The Balaban J connectivity index is 1.29. The molecule has 0 saturated heterocycles. The number of rotatable bonds is 6. The molecule has 3 aromatic rings. The molecule has 1 aliphatic heterocycles. The molecule has 2 unspecified atom stereocenters. The molecule has 2 atom stereocenters. The smallest absolute Gasteiger partial charge is 0.317 e. The number of nitrogens with zero attached hydrogens (tertiary/aromatic N) is 1. The van der Waals surface area contributed by atoms with Crippen molar-refractivity contribution in [3.05, 3.63) is 54.1 Å². The van der Waals surface area contributed by atoms with Gasteiger partial charge in [-0.05, 0) is 25.1 Å². The highest BCUT2D eigenvalue weighted by Crippen LogP contribution is 2.32. The van der Waals surface area contributed by atoms with E-state index in [0.29, 0.717) is 13.0 Å². The number of carbonyl (C=O) groups is 2. The van der Waals surface area contributed by atoms with E-state index in [9.17, 15) is 9.59 Å². The Hall–Kier alpha value is -2.58. The molecule has 29 heavy (non-hydrogen) atoms. The molecule has 0 aliphatic carbocycles. The van der Waals surface area contributed by atoms with Gasteiger partial charge in [0.2, 0.25) is 0 Å². The van der Waals surface area contributed by atoms with Crippen molar-refractivity contribution in [3.8, 4) is 5.75 Å². The minimum absolute atomic E-state index is 0.109. The van der Waals surface area contributed by atoms with Crippen molar-refractivity contribution in [2.45, 2.75) is 29.8 Å². The van der Waals surface area contributed by atoms with Crippen molar-refractivity contribution in [1.82, 2.24) is 10.3 Å². The molecule has 2 heterocycles. The van der Waals surface area contributed by atoms with Crippen molar-refractivity contribution in [3.63, 3.8) is 0 Å².